The fourth-order valence-corrected chi connectivity index (χ4v) is 3.26. The van der Waals surface area contributed by atoms with Crippen molar-refractivity contribution in [3.8, 4) is 0 Å². The van der Waals surface area contributed by atoms with Gasteiger partial charge in [-0.25, -0.2) is 4.98 Å². The lowest BCUT2D eigenvalue weighted by atomic mass is 9.95. The zero-order valence-corrected chi connectivity index (χ0v) is 12.1. The Kier molecular flexibility index (Phi) is 3.85. The van der Waals surface area contributed by atoms with Gasteiger partial charge in [0, 0.05) is 36.2 Å². The number of hydrogen-bond acceptors (Lipinski definition) is 4. The molecular weight excluding hydrogens is 230 g/mol. The second-order valence-electron chi connectivity index (χ2n) is 5.31. The fraction of sp³-hybridized carbons (Fsp3) is 0.769. The summed E-state index contributed by atoms with van der Waals surface area (Å²) in [6.07, 6.45) is 1.17. The third-order valence-electron chi connectivity index (χ3n) is 3.83. The van der Waals surface area contributed by atoms with Crippen LogP contribution in [0.5, 0.6) is 0 Å². The molecule has 2 rings (SSSR count). The molecule has 2 unspecified atom stereocenters. The molecule has 2 atom stereocenters. The third kappa shape index (κ3) is 2.87. The van der Waals surface area contributed by atoms with E-state index in [1.165, 1.54) is 11.4 Å². The molecule has 17 heavy (non-hydrogen) atoms. The van der Waals surface area contributed by atoms with Crippen LogP contribution in [0.15, 0.2) is 5.38 Å². The molecule has 0 aromatic carbocycles. The third-order valence-corrected chi connectivity index (χ3v) is 4.96. The van der Waals surface area contributed by atoms with Crippen molar-refractivity contribution >= 4 is 11.3 Å². The summed E-state index contributed by atoms with van der Waals surface area (Å²) in [5, 5.41) is 7.03. The van der Waals surface area contributed by atoms with Crippen molar-refractivity contribution in [2.75, 3.05) is 19.6 Å². The molecule has 3 nitrogen and oxygen atoms in total. The topological polar surface area (TPSA) is 28.2 Å². The zero-order chi connectivity index (χ0) is 12.5. The minimum Gasteiger partial charge on any atom is -0.309 e. The number of piperazine rings is 1. The van der Waals surface area contributed by atoms with Crippen molar-refractivity contribution in [2.45, 2.75) is 45.7 Å². The zero-order valence-electron chi connectivity index (χ0n) is 11.3. The van der Waals surface area contributed by atoms with Crippen molar-refractivity contribution in [1.29, 1.82) is 0 Å². The molecule has 1 aromatic rings. The molecule has 0 radical (unpaired) electrons. The Morgan fingerprint density at radius 2 is 2.41 bits per heavy atom. The lowest BCUT2D eigenvalue weighted by Crippen LogP contribution is -2.58. The summed E-state index contributed by atoms with van der Waals surface area (Å²) >= 11 is 1.79. The predicted octanol–water partition coefficient (Wildman–Crippen LogP) is 2.59. The summed E-state index contributed by atoms with van der Waals surface area (Å²) in [5.41, 5.74) is 1.41. The molecule has 96 valence electrons. The molecule has 1 aromatic heterocycles. The SMILES string of the molecule is CCC1(C)CN(C(C)c2nc(C)cs2)CCN1. The quantitative estimate of drug-likeness (QED) is 0.897. The smallest absolute Gasteiger partial charge is 0.110 e. The van der Waals surface area contributed by atoms with Gasteiger partial charge in [0.2, 0.25) is 0 Å². The van der Waals surface area contributed by atoms with E-state index in [2.05, 4.69) is 48.3 Å². The Morgan fingerprint density at radius 1 is 1.65 bits per heavy atom. The van der Waals surface area contributed by atoms with Crippen molar-refractivity contribution in [2.24, 2.45) is 0 Å². The highest BCUT2D eigenvalue weighted by Crippen LogP contribution is 2.27. The summed E-state index contributed by atoms with van der Waals surface area (Å²) < 4.78 is 0. The van der Waals surface area contributed by atoms with Gasteiger partial charge in [-0.1, -0.05) is 6.92 Å². The maximum absolute atomic E-state index is 4.62. The molecular formula is C13H23N3S. The van der Waals surface area contributed by atoms with Crippen molar-refractivity contribution < 1.29 is 0 Å². The Labute approximate surface area is 108 Å². The molecule has 1 fully saturated rings. The summed E-state index contributed by atoms with van der Waals surface area (Å²) in [6.45, 7) is 12.2. The average Bonchev–Trinajstić information content (AvgIpc) is 2.75. The van der Waals surface area contributed by atoms with Crippen LogP contribution in [-0.2, 0) is 0 Å². The molecule has 1 saturated heterocycles. The van der Waals surface area contributed by atoms with Gasteiger partial charge in [0.15, 0.2) is 0 Å². The van der Waals surface area contributed by atoms with Crippen molar-refractivity contribution in [3.05, 3.63) is 16.1 Å². The monoisotopic (exact) mass is 253 g/mol. The van der Waals surface area contributed by atoms with Gasteiger partial charge in [-0.15, -0.1) is 11.3 Å². The second kappa shape index (κ2) is 5.04. The molecule has 0 amide bonds. The normalized spacial score (nSPS) is 28.2. The van der Waals surface area contributed by atoms with E-state index in [0.717, 1.165) is 25.3 Å². The van der Waals surface area contributed by atoms with E-state index in [9.17, 15) is 0 Å². The van der Waals surface area contributed by atoms with Crippen LogP contribution < -0.4 is 5.32 Å². The second-order valence-corrected chi connectivity index (χ2v) is 6.20. The highest BCUT2D eigenvalue weighted by Gasteiger charge is 2.31. The first-order valence-electron chi connectivity index (χ1n) is 6.45. The van der Waals surface area contributed by atoms with Crippen LogP contribution in [0.25, 0.3) is 0 Å². The Hall–Kier alpha value is -0.450. The number of thiazole rings is 1. The summed E-state index contributed by atoms with van der Waals surface area (Å²) in [6, 6.07) is 0.446. The Morgan fingerprint density at radius 3 is 3.00 bits per heavy atom. The number of rotatable bonds is 3. The van der Waals surface area contributed by atoms with E-state index < -0.39 is 0 Å². The molecule has 1 aliphatic rings. The van der Waals surface area contributed by atoms with E-state index in [1.807, 2.05) is 0 Å². The highest BCUT2D eigenvalue weighted by atomic mass is 32.1. The standard InChI is InChI=1S/C13H23N3S/c1-5-13(4)9-16(7-6-14-13)11(3)12-15-10(2)8-17-12/h8,11,14H,5-7,9H2,1-4H3. The molecule has 0 spiro atoms. The number of hydrogen-bond donors (Lipinski definition) is 1. The van der Waals surface area contributed by atoms with E-state index >= 15 is 0 Å². The van der Waals surface area contributed by atoms with Crippen LogP contribution in [0.1, 0.15) is 43.9 Å². The van der Waals surface area contributed by atoms with Crippen LogP contribution in [0.4, 0.5) is 0 Å². The number of aromatic nitrogens is 1. The van der Waals surface area contributed by atoms with E-state index in [1.54, 1.807) is 11.3 Å². The number of nitrogens with zero attached hydrogens (tertiary/aromatic N) is 2. The Bertz CT molecular complexity index is 376. The van der Waals surface area contributed by atoms with Crippen molar-refractivity contribution in [3.63, 3.8) is 0 Å². The minimum absolute atomic E-state index is 0.263. The van der Waals surface area contributed by atoms with Gasteiger partial charge in [-0.05, 0) is 27.2 Å². The van der Waals surface area contributed by atoms with Gasteiger partial charge in [0.25, 0.3) is 0 Å². The lowest BCUT2D eigenvalue weighted by molar-refractivity contribution is 0.105. The van der Waals surface area contributed by atoms with Crippen LogP contribution in [0.2, 0.25) is 0 Å². The summed E-state index contributed by atoms with van der Waals surface area (Å²) in [7, 11) is 0. The first kappa shape index (κ1) is 13.0. The van der Waals surface area contributed by atoms with Gasteiger partial charge in [-0.3, -0.25) is 4.90 Å². The fourth-order valence-electron chi connectivity index (χ4n) is 2.37. The minimum atomic E-state index is 0.263. The van der Waals surface area contributed by atoms with Crippen LogP contribution >= 0.6 is 11.3 Å². The van der Waals surface area contributed by atoms with Crippen LogP contribution in [0, 0.1) is 6.92 Å². The van der Waals surface area contributed by atoms with E-state index in [4.69, 9.17) is 0 Å². The molecule has 0 aliphatic carbocycles. The maximum Gasteiger partial charge on any atom is 0.110 e. The van der Waals surface area contributed by atoms with E-state index in [-0.39, 0.29) is 5.54 Å². The number of nitrogens with one attached hydrogen (secondary N) is 1. The molecule has 4 heteroatoms. The first-order valence-corrected chi connectivity index (χ1v) is 7.33. The highest BCUT2D eigenvalue weighted by molar-refractivity contribution is 7.09. The first-order chi connectivity index (χ1) is 8.04. The van der Waals surface area contributed by atoms with Crippen LogP contribution in [-0.4, -0.2) is 35.1 Å². The van der Waals surface area contributed by atoms with Crippen molar-refractivity contribution in [1.82, 2.24) is 15.2 Å². The summed E-state index contributed by atoms with van der Waals surface area (Å²) in [5.74, 6) is 0. The molecule has 2 heterocycles. The largest absolute Gasteiger partial charge is 0.309 e. The van der Waals surface area contributed by atoms with Gasteiger partial charge in [0.1, 0.15) is 5.01 Å². The maximum atomic E-state index is 4.62. The Balaban J connectivity index is 2.07. The number of aryl methyl sites for hydroxylation is 1. The van der Waals surface area contributed by atoms with Gasteiger partial charge < -0.3 is 5.32 Å². The predicted molar refractivity (Wildman–Crippen MR) is 73.5 cm³/mol. The molecule has 1 N–H and O–H groups in total. The van der Waals surface area contributed by atoms with Crippen LogP contribution in [0.3, 0.4) is 0 Å². The molecule has 1 aliphatic heterocycles. The molecule has 0 bridgehead atoms. The van der Waals surface area contributed by atoms with E-state index in [0.29, 0.717) is 6.04 Å². The lowest BCUT2D eigenvalue weighted by Gasteiger charge is -2.43. The average molecular weight is 253 g/mol. The molecule has 0 saturated carbocycles. The van der Waals surface area contributed by atoms with Gasteiger partial charge in [0.05, 0.1) is 6.04 Å². The van der Waals surface area contributed by atoms with Gasteiger partial charge >= 0.3 is 0 Å². The summed E-state index contributed by atoms with van der Waals surface area (Å²) in [4.78, 5) is 7.17. The van der Waals surface area contributed by atoms with Gasteiger partial charge in [-0.2, -0.15) is 0 Å².